The van der Waals surface area contributed by atoms with Gasteiger partial charge < -0.3 is 9.64 Å². The van der Waals surface area contributed by atoms with Gasteiger partial charge in [-0.2, -0.15) is 0 Å². The van der Waals surface area contributed by atoms with Gasteiger partial charge in [0.25, 0.3) is 11.6 Å². The highest BCUT2D eigenvalue weighted by Gasteiger charge is 2.27. The summed E-state index contributed by atoms with van der Waals surface area (Å²) in [6.07, 6.45) is 0.892. The second-order valence-electron chi connectivity index (χ2n) is 3.92. The fraction of sp³-hybridized carbons (Fsp3) is 0.400. The Bertz CT molecular complexity index is 488. The van der Waals surface area contributed by atoms with Crippen LogP contribution in [0, 0.1) is 10.1 Å². The largest absolute Gasteiger partial charge is 0.472 e. The fourth-order valence-corrected chi connectivity index (χ4v) is 1.69. The van der Waals surface area contributed by atoms with Crippen molar-refractivity contribution in [2.75, 3.05) is 13.6 Å². The summed E-state index contributed by atoms with van der Waals surface area (Å²) in [6, 6.07) is 1.19. The van der Waals surface area contributed by atoms with Gasteiger partial charge in [0.15, 0.2) is 0 Å². The van der Waals surface area contributed by atoms with Gasteiger partial charge in [0, 0.05) is 13.1 Å². The van der Waals surface area contributed by atoms with Gasteiger partial charge in [-0.3, -0.25) is 14.9 Å². The first kappa shape index (κ1) is 11.3. The van der Waals surface area contributed by atoms with Crippen molar-refractivity contribution < 1.29 is 14.5 Å². The third-order valence-corrected chi connectivity index (χ3v) is 2.47. The molecule has 0 spiro atoms. The SMILES string of the molecule is CC1CN(C)C(=O)c2cc([N+](=O)[O-])cnc2O1. The normalized spacial score (nSPS) is 19.3. The number of hydrogen-bond donors (Lipinski definition) is 0. The molecule has 7 nitrogen and oxygen atoms in total. The number of ether oxygens (including phenoxy) is 1. The van der Waals surface area contributed by atoms with Crippen molar-refractivity contribution in [1.29, 1.82) is 0 Å². The summed E-state index contributed by atoms with van der Waals surface area (Å²) in [5.41, 5.74) is -0.0882. The monoisotopic (exact) mass is 237 g/mol. The van der Waals surface area contributed by atoms with Crippen LogP contribution >= 0.6 is 0 Å². The van der Waals surface area contributed by atoms with Crippen LogP contribution in [0.2, 0.25) is 0 Å². The highest BCUT2D eigenvalue weighted by molar-refractivity contribution is 5.97. The van der Waals surface area contributed by atoms with Crippen LogP contribution in [0.1, 0.15) is 17.3 Å². The summed E-state index contributed by atoms with van der Waals surface area (Å²) < 4.78 is 5.44. The van der Waals surface area contributed by atoms with E-state index in [0.717, 1.165) is 6.20 Å². The number of rotatable bonds is 1. The molecule has 1 aromatic rings. The molecule has 0 N–H and O–H groups in total. The lowest BCUT2D eigenvalue weighted by Crippen LogP contribution is -2.32. The van der Waals surface area contributed by atoms with Gasteiger partial charge in [-0.1, -0.05) is 0 Å². The molecule has 1 atom stereocenters. The Morgan fingerprint density at radius 1 is 1.65 bits per heavy atom. The molecular weight excluding hydrogens is 226 g/mol. The van der Waals surface area contributed by atoms with Gasteiger partial charge in [-0.15, -0.1) is 0 Å². The Kier molecular flexibility index (Phi) is 2.66. The Hall–Kier alpha value is -2.18. The van der Waals surface area contributed by atoms with Crippen LogP contribution in [0.4, 0.5) is 5.69 Å². The summed E-state index contributed by atoms with van der Waals surface area (Å²) in [7, 11) is 1.62. The van der Waals surface area contributed by atoms with Crippen molar-refractivity contribution in [2.45, 2.75) is 13.0 Å². The molecule has 17 heavy (non-hydrogen) atoms. The first-order chi connectivity index (χ1) is 7.99. The van der Waals surface area contributed by atoms with E-state index in [0.29, 0.717) is 6.54 Å². The standard InChI is InChI=1S/C10H11N3O4/c1-6-5-12(2)10(14)8-3-7(13(15)16)4-11-9(8)17-6/h3-4,6H,5H2,1-2H3. The molecule has 90 valence electrons. The zero-order valence-electron chi connectivity index (χ0n) is 9.41. The molecule has 0 bridgehead atoms. The smallest absolute Gasteiger partial charge is 0.288 e. The molecule has 0 fully saturated rings. The van der Waals surface area contributed by atoms with Crippen LogP contribution in [0.3, 0.4) is 0 Å². The quantitative estimate of drug-likeness (QED) is 0.533. The highest BCUT2D eigenvalue weighted by Crippen LogP contribution is 2.25. The third kappa shape index (κ3) is 2.03. The number of fused-ring (bicyclic) bond motifs is 1. The van der Waals surface area contributed by atoms with E-state index in [1.54, 1.807) is 7.05 Å². The van der Waals surface area contributed by atoms with Crippen molar-refractivity contribution >= 4 is 11.6 Å². The Morgan fingerprint density at radius 2 is 2.35 bits per heavy atom. The van der Waals surface area contributed by atoms with Crippen LogP contribution in [0.15, 0.2) is 12.3 Å². The number of likely N-dealkylation sites (N-methyl/N-ethyl adjacent to an activating group) is 1. The number of nitro groups is 1. The summed E-state index contributed by atoms with van der Waals surface area (Å²) in [5, 5.41) is 10.6. The number of hydrogen-bond acceptors (Lipinski definition) is 5. The van der Waals surface area contributed by atoms with Crippen molar-refractivity contribution in [2.24, 2.45) is 0 Å². The summed E-state index contributed by atoms with van der Waals surface area (Å²) in [6.45, 7) is 2.23. The van der Waals surface area contributed by atoms with Crippen LogP contribution in [-0.2, 0) is 0 Å². The minimum atomic E-state index is -0.588. The van der Waals surface area contributed by atoms with Crippen LogP contribution < -0.4 is 4.74 Å². The van der Waals surface area contributed by atoms with E-state index < -0.39 is 4.92 Å². The maximum atomic E-state index is 11.9. The zero-order valence-corrected chi connectivity index (χ0v) is 9.41. The van der Waals surface area contributed by atoms with Gasteiger partial charge >= 0.3 is 0 Å². The van der Waals surface area contributed by atoms with Crippen molar-refractivity contribution in [3.05, 3.63) is 27.9 Å². The van der Waals surface area contributed by atoms with Gasteiger partial charge in [-0.05, 0) is 6.92 Å². The molecule has 0 aromatic carbocycles. The summed E-state index contributed by atoms with van der Waals surface area (Å²) in [4.78, 5) is 27.3. The van der Waals surface area contributed by atoms with Crippen molar-refractivity contribution in [3.63, 3.8) is 0 Å². The average Bonchev–Trinajstić information content (AvgIpc) is 2.37. The third-order valence-electron chi connectivity index (χ3n) is 2.47. The Morgan fingerprint density at radius 3 is 3.00 bits per heavy atom. The van der Waals surface area contributed by atoms with E-state index in [-0.39, 0.29) is 29.1 Å². The van der Waals surface area contributed by atoms with Crippen LogP contribution in [-0.4, -0.2) is 40.4 Å². The molecule has 1 aliphatic heterocycles. The van der Waals surface area contributed by atoms with Gasteiger partial charge in [0.2, 0.25) is 5.88 Å². The number of carbonyl (C=O) groups excluding carboxylic acids is 1. The predicted octanol–water partition coefficient (Wildman–Crippen LogP) is 0.843. The van der Waals surface area contributed by atoms with Crippen molar-refractivity contribution in [1.82, 2.24) is 9.88 Å². The van der Waals surface area contributed by atoms with Crippen molar-refractivity contribution in [3.8, 4) is 5.88 Å². The van der Waals surface area contributed by atoms with E-state index >= 15 is 0 Å². The predicted molar refractivity (Wildman–Crippen MR) is 57.9 cm³/mol. The average molecular weight is 237 g/mol. The lowest BCUT2D eigenvalue weighted by atomic mass is 10.2. The molecule has 1 aliphatic rings. The van der Waals surface area contributed by atoms with Gasteiger partial charge in [0.05, 0.1) is 11.5 Å². The first-order valence-electron chi connectivity index (χ1n) is 5.05. The Balaban J connectivity index is 2.51. The molecule has 1 amide bonds. The molecule has 0 saturated carbocycles. The minimum Gasteiger partial charge on any atom is -0.472 e. The summed E-state index contributed by atoms with van der Waals surface area (Å²) in [5.74, 6) is -0.169. The molecule has 2 rings (SSSR count). The maximum Gasteiger partial charge on any atom is 0.288 e. The second kappa shape index (κ2) is 4.00. The lowest BCUT2D eigenvalue weighted by molar-refractivity contribution is -0.385. The van der Waals surface area contributed by atoms with E-state index in [2.05, 4.69) is 4.98 Å². The van der Waals surface area contributed by atoms with Crippen LogP contribution in [0.25, 0.3) is 0 Å². The summed E-state index contributed by atoms with van der Waals surface area (Å²) >= 11 is 0. The van der Waals surface area contributed by atoms with E-state index in [1.165, 1.54) is 11.0 Å². The molecule has 7 heteroatoms. The molecule has 0 radical (unpaired) electrons. The molecular formula is C10H11N3O4. The lowest BCUT2D eigenvalue weighted by Gasteiger charge is -2.15. The minimum absolute atomic E-state index is 0.131. The van der Waals surface area contributed by atoms with Crippen LogP contribution in [0.5, 0.6) is 5.88 Å². The first-order valence-corrected chi connectivity index (χ1v) is 5.05. The number of amides is 1. The van der Waals surface area contributed by atoms with E-state index in [4.69, 9.17) is 4.74 Å². The molecule has 2 heterocycles. The van der Waals surface area contributed by atoms with Gasteiger partial charge in [-0.25, -0.2) is 4.98 Å². The second-order valence-corrected chi connectivity index (χ2v) is 3.92. The van der Waals surface area contributed by atoms with Gasteiger partial charge in [0.1, 0.15) is 17.9 Å². The Labute approximate surface area is 97.2 Å². The maximum absolute atomic E-state index is 11.9. The van der Waals surface area contributed by atoms with E-state index in [9.17, 15) is 14.9 Å². The molecule has 0 saturated heterocycles. The van der Waals surface area contributed by atoms with E-state index in [1.807, 2.05) is 6.92 Å². The number of aromatic nitrogens is 1. The molecule has 1 aromatic heterocycles. The molecule has 0 aliphatic carbocycles. The highest BCUT2D eigenvalue weighted by atomic mass is 16.6. The molecule has 1 unspecified atom stereocenters. The number of pyridine rings is 1. The zero-order chi connectivity index (χ0) is 12.6. The number of carbonyl (C=O) groups is 1. The number of nitrogens with zero attached hydrogens (tertiary/aromatic N) is 3. The fourth-order valence-electron chi connectivity index (χ4n) is 1.69. The topological polar surface area (TPSA) is 85.6 Å².